The molecule has 0 aliphatic heterocycles. The zero-order valence-corrected chi connectivity index (χ0v) is 39.3. The maximum Gasteiger partial charge on any atom is 0.0973 e. The van der Waals surface area contributed by atoms with E-state index in [9.17, 15) is 0 Å². The van der Waals surface area contributed by atoms with Crippen molar-refractivity contribution in [2.45, 2.75) is 0 Å². The summed E-state index contributed by atoms with van der Waals surface area (Å²) in [5, 5.41) is 4.54. The number of nitrogens with zero attached hydrogens (tertiary/aromatic N) is 4. The summed E-state index contributed by atoms with van der Waals surface area (Å²) >= 11 is 0. The van der Waals surface area contributed by atoms with E-state index >= 15 is 0 Å². The third-order valence-electron chi connectivity index (χ3n) is 13.1. The lowest BCUT2D eigenvalue weighted by Gasteiger charge is -2.28. The molecule has 0 unspecified atom stereocenters. The molecule has 0 heterocycles. The number of rotatable bonds is 13. The lowest BCUT2D eigenvalue weighted by molar-refractivity contribution is 1.26. The van der Waals surface area contributed by atoms with Crippen LogP contribution in [0, 0.1) is 24.3 Å². The van der Waals surface area contributed by atoms with E-state index in [1.807, 2.05) is 18.2 Å². The van der Waals surface area contributed by atoms with Crippen molar-refractivity contribution in [3.8, 4) is 11.1 Å². The Balaban J connectivity index is 0.842. The van der Waals surface area contributed by atoms with Crippen LogP contribution in [0.2, 0.25) is 0 Å². The van der Waals surface area contributed by atoms with Crippen LogP contribution in [0.1, 0.15) is 0 Å². The van der Waals surface area contributed by atoms with E-state index in [-0.39, 0.29) is 0 Å². The number of benzene rings is 10. The Labute approximate surface area is 421 Å². The third kappa shape index (κ3) is 8.58. The van der Waals surface area contributed by atoms with Gasteiger partial charge in [0.05, 0.1) is 17.1 Å². The lowest BCUT2D eigenvalue weighted by atomic mass is 10.1. The van der Waals surface area contributed by atoms with Crippen molar-refractivity contribution in [2.24, 2.45) is 0 Å². The van der Waals surface area contributed by atoms with Crippen LogP contribution < -0.4 is 19.6 Å². The van der Waals surface area contributed by atoms with Gasteiger partial charge in [0.1, 0.15) is 0 Å². The van der Waals surface area contributed by atoms with Gasteiger partial charge in [0.15, 0.2) is 0 Å². The minimum atomic E-state index is 0.893. The molecule has 0 fully saturated rings. The van der Waals surface area contributed by atoms with Crippen LogP contribution in [0.15, 0.2) is 279 Å². The molecule has 0 atom stereocenters. The SMILES string of the molecule is c1cc(N(c2ccccc2)c2ccc(N(c3ccccc3)c3ccc(-c4c#cc(N(c5ccccc5)c5ccc(N(c6ccccc6)c6cccc7ccccc67)cc5)cc4)cc3)cc2)c2ccccc2c#1. The Bertz CT molecular complexity index is 3450. The molecule has 12 rings (SSSR count). The zero-order chi connectivity index (χ0) is 48.1. The van der Waals surface area contributed by atoms with E-state index < -0.39 is 0 Å². The number of para-hydroxylation sites is 4. The highest BCUT2D eigenvalue weighted by Crippen LogP contribution is 2.43. The first-order valence-corrected chi connectivity index (χ1v) is 24.2. The van der Waals surface area contributed by atoms with Gasteiger partial charge >= 0.3 is 0 Å². The van der Waals surface area contributed by atoms with Gasteiger partial charge in [-0.15, -0.1) is 0 Å². The predicted octanol–water partition coefficient (Wildman–Crippen LogP) is 18.7. The molecule has 0 aliphatic rings. The van der Waals surface area contributed by atoms with Crippen LogP contribution in [0.25, 0.3) is 32.7 Å². The van der Waals surface area contributed by atoms with Crippen molar-refractivity contribution in [3.05, 3.63) is 303 Å². The summed E-state index contributed by atoms with van der Waals surface area (Å²) < 4.78 is 0. The first-order valence-electron chi connectivity index (χ1n) is 24.2. The highest BCUT2D eigenvalue weighted by atomic mass is 15.2. The molecule has 4 heteroatoms. The fourth-order valence-electron chi connectivity index (χ4n) is 9.67. The Morgan fingerprint density at radius 1 is 0.250 bits per heavy atom. The van der Waals surface area contributed by atoms with Crippen LogP contribution in [-0.4, -0.2) is 0 Å². The monoisotopic (exact) mass is 918 g/mol. The molecular weight excluding hydrogens is 873 g/mol. The van der Waals surface area contributed by atoms with Gasteiger partial charge in [-0.25, -0.2) is 0 Å². The van der Waals surface area contributed by atoms with Crippen LogP contribution in [0.4, 0.5) is 68.2 Å². The highest BCUT2D eigenvalue weighted by molar-refractivity contribution is 6.00. The standard InChI is InChI=1S/C68H46N4/c1-5-23-55(24-6-1)69(61-43-47-63(48-44-61)71(57-27-9-3-10-28-57)67-33-17-21-53-19-13-15-31-65(53)67)59-39-35-51(36-40-59)52-37-41-60(42-38-52)70(56-25-7-2-8-26-56)62-45-49-64(50-46-62)72(58-29-11-4-12-30-58)68-34-18-22-54-20-14-16-32-66(54)68/h1-17,19-21,23-35,37-39,41-50H. The van der Waals surface area contributed by atoms with Crippen LogP contribution >= 0.6 is 0 Å². The van der Waals surface area contributed by atoms with E-state index in [4.69, 9.17) is 0 Å². The number of hydrogen-bond acceptors (Lipinski definition) is 4. The maximum atomic E-state index is 3.55. The second-order valence-electron chi connectivity index (χ2n) is 17.5. The normalized spacial score (nSPS) is 10.8. The Morgan fingerprint density at radius 3 is 1.22 bits per heavy atom. The molecule has 0 N–H and O–H groups in total. The molecule has 12 aromatic carbocycles. The van der Waals surface area contributed by atoms with Gasteiger partial charge in [0.2, 0.25) is 0 Å². The summed E-state index contributed by atoms with van der Waals surface area (Å²) in [6.07, 6.45) is 0. The van der Waals surface area contributed by atoms with Gasteiger partial charge in [-0.3, -0.25) is 0 Å². The summed E-state index contributed by atoms with van der Waals surface area (Å²) in [5.74, 6) is 0. The minimum Gasteiger partial charge on any atom is -0.311 e. The first kappa shape index (κ1) is 43.3. The second-order valence-corrected chi connectivity index (χ2v) is 17.5. The van der Waals surface area contributed by atoms with Gasteiger partial charge in [-0.05, 0) is 150 Å². The molecule has 0 saturated carbocycles. The Kier molecular flexibility index (Phi) is 11.8. The van der Waals surface area contributed by atoms with Gasteiger partial charge in [0, 0.05) is 79.0 Å². The topological polar surface area (TPSA) is 13.0 Å². The van der Waals surface area contributed by atoms with Crippen molar-refractivity contribution in [1.29, 1.82) is 0 Å². The van der Waals surface area contributed by atoms with E-state index in [2.05, 4.69) is 305 Å². The van der Waals surface area contributed by atoms with E-state index in [1.165, 1.54) is 10.8 Å². The summed E-state index contributed by atoms with van der Waals surface area (Å²) in [7, 11) is 0. The molecule has 0 radical (unpaired) electrons. The molecular formula is C68H46N4. The van der Waals surface area contributed by atoms with Crippen molar-refractivity contribution in [1.82, 2.24) is 0 Å². The molecule has 338 valence electrons. The smallest absolute Gasteiger partial charge is 0.0973 e. The van der Waals surface area contributed by atoms with Gasteiger partial charge in [0.25, 0.3) is 0 Å². The minimum absolute atomic E-state index is 0.893. The third-order valence-corrected chi connectivity index (χ3v) is 13.1. The summed E-state index contributed by atoms with van der Waals surface area (Å²) in [6, 6.07) is 112. The molecule has 0 spiro atoms. The largest absolute Gasteiger partial charge is 0.311 e. The number of hydrogen-bond donors (Lipinski definition) is 0. The first-order chi connectivity index (χ1) is 35.7. The van der Waals surface area contributed by atoms with Crippen molar-refractivity contribution >= 4 is 89.8 Å². The van der Waals surface area contributed by atoms with Crippen LogP contribution in [-0.2, 0) is 0 Å². The molecule has 0 saturated heterocycles. The molecule has 4 nitrogen and oxygen atoms in total. The van der Waals surface area contributed by atoms with Crippen molar-refractivity contribution in [3.63, 3.8) is 0 Å². The molecule has 72 heavy (non-hydrogen) atoms. The van der Waals surface area contributed by atoms with Gasteiger partial charge in [-0.2, -0.15) is 0 Å². The van der Waals surface area contributed by atoms with Gasteiger partial charge in [-0.1, -0.05) is 158 Å². The molecule has 12 aromatic rings. The average molecular weight is 919 g/mol. The fourth-order valence-corrected chi connectivity index (χ4v) is 9.67. The summed E-state index contributed by atoms with van der Waals surface area (Å²) in [4.78, 5) is 9.16. The van der Waals surface area contributed by atoms with E-state index in [0.29, 0.717) is 0 Å². The average Bonchev–Trinajstić information content (AvgIpc) is 3.46. The predicted molar refractivity (Wildman–Crippen MR) is 301 cm³/mol. The number of fused-ring (bicyclic) bond motifs is 2. The second kappa shape index (κ2) is 19.5. The van der Waals surface area contributed by atoms with Gasteiger partial charge < -0.3 is 19.6 Å². The van der Waals surface area contributed by atoms with E-state index in [0.717, 1.165) is 90.1 Å². The maximum absolute atomic E-state index is 3.55. The van der Waals surface area contributed by atoms with Crippen LogP contribution in [0.3, 0.4) is 0 Å². The van der Waals surface area contributed by atoms with Crippen molar-refractivity contribution in [2.75, 3.05) is 19.6 Å². The number of anilines is 12. The quantitative estimate of drug-likeness (QED) is 0.114. The molecule has 0 amide bonds. The van der Waals surface area contributed by atoms with Crippen LogP contribution in [0.5, 0.6) is 0 Å². The Hall–Kier alpha value is -10.0. The molecule has 0 bridgehead atoms. The Morgan fingerprint density at radius 2 is 0.667 bits per heavy atom. The molecule has 0 aliphatic carbocycles. The summed E-state index contributed by atoms with van der Waals surface area (Å²) in [5.41, 5.74) is 14.6. The fraction of sp³-hybridized carbons (Fsp3) is 0. The highest BCUT2D eigenvalue weighted by Gasteiger charge is 2.20. The lowest BCUT2D eigenvalue weighted by Crippen LogP contribution is -2.12. The zero-order valence-electron chi connectivity index (χ0n) is 39.3. The van der Waals surface area contributed by atoms with E-state index in [1.54, 1.807) is 0 Å². The summed E-state index contributed by atoms with van der Waals surface area (Å²) in [6.45, 7) is 0. The van der Waals surface area contributed by atoms with Crippen molar-refractivity contribution < 1.29 is 0 Å². The molecule has 0 aromatic heterocycles.